The molecule has 0 saturated carbocycles. The zero-order chi connectivity index (χ0) is 37.2. The van der Waals surface area contributed by atoms with Gasteiger partial charge in [-0.3, -0.25) is 4.79 Å². The largest absolute Gasteiger partial charge is 0.497 e. The number of allylic oxidation sites excluding steroid dienone is 1. The molecule has 3 aromatic carbocycles. The molecule has 0 aromatic heterocycles. The van der Waals surface area contributed by atoms with E-state index in [1.807, 2.05) is 56.0 Å². The van der Waals surface area contributed by atoms with Crippen LogP contribution in [0.25, 0.3) is 6.08 Å². The maximum atomic E-state index is 14.8. The minimum absolute atomic E-state index is 0.0336. The van der Waals surface area contributed by atoms with Crippen LogP contribution < -0.4 is 15.1 Å². The summed E-state index contributed by atoms with van der Waals surface area (Å²) in [6.45, 7) is 21.1. The molecule has 0 bridgehead atoms. The zero-order valence-corrected chi connectivity index (χ0v) is 33.5. The van der Waals surface area contributed by atoms with Crippen molar-refractivity contribution in [2.75, 3.05) is 34.0 Å². The van der Waals surface area contributed by atoms with Crippen molar-refractivity contribution in [2.24, 2.45) is 11.8 Å². The number of carbonyl (C=O) groups is 1. The van der Waals surface area contributed by atoms with Crippen molar-refractivity contribution in [2.45, 2.75) is 90.5 Å². The van der Waals surface area contributed by atoms with Gasteiger partial charge in [0, 0.05) is 20.3 Å². The lowest BCUT2D eigenvalue weighted by Crippen LogP contribution is -2.66. The molecule has 1 heterocycles. The number of benzene rings is 3. The van der Waals surface area contributed by atoms with Crippen LogP contribution in [0.1, 0.15) is 73.3 Å². The average molecular weight is 712 g/mol. The van der Waals surface area contributed by atoms with Gasteiger partial charge in [-0.05, 0) is 86.0 Å². The molecule has 1 amide bonds. The van der Waals surface area contributed by atoms with Crippen molar-refractivity contribution in [1.82, 2.24) is 4.90 Å². The summed E-state index contributed by atoms with van der Waals surface area (Å²) >= 11 is 0. The molecule has 0 radical (unpaired) electrons. The fourth-order valence-corrected chi connectivity index (χ4v) is 12.0. The lowest BCUT2D eigenvalue weighted by molar-refractivity contribution is -0.138. The van der Waals surface area contributed by atoms with E-state index in [0.717, 1.165) is 36.1 Å². The van der Waals surface area contributed by atoms with Crippen molar-refractivity contribution in [1.29, 1.82) is 0 Å². The fourth-order valence-electron chi connectivity index (χ4n) is 7.38. The molecule has 0 aliphatic carbocycles. The van der Waals surface area contributed by atoms with Gasteiger partial charge in [-0.25, -0.2) is 0 Å². The van der Waals surface area contributed by atoms with Crippen molar-refractivity contribution in [3.63, 3.8) is 0 Å². The molecule has 6 nitrogen and oxygen atoms in total. The van der Waals surface area contributed by atoms with Crippen molar-refractivity contribution in [3.8, 4) is 5.75 Å². The second-order valence-electron chi connectivity index (χ2n) is 15.9. The maximum Gasteiger partial charge on any atom is 0.261 e. The van der Waals surface area contributed by atoms with Gasteiger partial charge in [0.05, 0.1) is 37.4 Å². The molecule has 0 N–H and O–H groups in total. The first-order chi connectivity index (χ1) is 24.2. The molecule has 1 aliphatic rings. The first kappa shape index (κ1) is 40.3. The fraction of sp³-hybridized carbons (Fsp3) is 0.477. The van der Waals surface area contributed by atoms with Gasteiger partial charge in [0.2, 0.25) is 5.91 Å². The Morgan fingerprint density at radius 2 is 1.57 bits per heavy atom. The van der Waals surface area contributed by atoms with Gasteiger partial charge in [-0.2, -0.15) is 0 Å². The van der Waals surface area contributed by atoms with E-state index in [0.29, 0.717) is 19.8 Å². The minimum atomic E-state index is -2.68. The lowest BCUT2D eigenvalue weighted by atomic mass is 9.82. The number of nitrogens with zero attached hydrogens (tertiary/aromatic N) is 1. The van der Waals surface area contributed by atoms with Crippen molar-refractivity contribution >= 4 is 30.7 Å². The van der Waals surface area contributed by atoms with Gasteiger partial charge in [0.1, 0.15) is 5.75 Å². The van der Waals surface area contributed by atoms with Crippen LogP contribution in [0.5, 0.6) is 5.75 Å². The van der Waals surface area contributed by atoms with Crippen LogP contribution in [0, 0.1) is 11.8 Å². The number of hydrogen-bond acceptors (Lipinski definition) is 5. The summed E-state index contributed by atoms with van der Waals surface area (Å²) in [5.41, 5.74) is 1.65. The lowest BCUT2D eigenvalue weighted by Gasteiger charge is -2.43. The topological polar surface area (TPSA) is 57.2 Å². The zero-order valence-electron chi connectivity index (χ0n) is 32.5. The van der Waals surface area contributed by atoms with E-state index >= 15 is 0 Å². The molecule has 0 spiro atoms. The molecule has 7 heteroatoms. The van der Waals surface area contributed by atoms with E-state index < -0.39 is 14.2 Å². The third-order valence-corrected chi connectivity index (χ3v) is 15.1. The Morgan fingerprint density at radius 3 is 2.10 bits per heavy atom. The quantitative estimate of drug-likeness (QED) is 0.0851. The highest BCUT2D eigenvalue weighted by molar-refractivity contribution is 6.99. The number of rotatable bonds is 16. The Hall–Kier alpha value is -3.49. The maximum absolute atomic E-state index is 14.8. The van der Waals surface area contributed by atoms with Crippen LogP contribution in [-0.4, -0.2) is 70.8 Å². The molecule has 4 rings (SSSR count). The Kier molecular flexibility index (Phi) is 14.1. The third kappa shape index (κ3) is 10.3. The highest BCUT2D eigenvalue weighted by atomic mass is 28.4. The Bertz CT molecular complexity index is 1540. The number of likely N-dealkylation sites (tertiary alicyclic amines) is 1. The predicted octanol–water partition coefficient (Wildman–Crippen LogP) is 8.30. The standard InChI is InChI=1S/C44H61NO5Si/c1-33(2)40(25-18-28-50-51(44(6,7)8,38-21-13-11-14-22-38)39-23-15-12-16-24-39)41(27-26-34-19-17-20-36(29-34)47-9)42(46)45-31-37(48-10)30-35(45)32-49-43(3,4)5/h11-17,19-24,26-27,29,35,37,40-41H,1,18,25,28,30-32H2,2-10H3/b27-26+/t35-,37+,40+,41-/m0/s1. The average Bonchev–Trinajstić information content (AvgIpc) is 3.53. The van der Waals surface area contributed by atoms with E-state index in [2.05, 4.69) is 101 Å². The Morgan fingerprint density at radius 1 is 0.941 bits per heavy atom. The van der Waals surface area contributed by atoms with Crippen molar-refractivity contribution in [3.05, 3.63) is 109 Å². The second kappa shape index (κ2) is 17.8. The summed E-state index contributed by atoms with van der Waals surface area (Å²) in [6.07, 6.45) is 6.38. The van der Waals surface area contributed by atoms with Gasteiger partial charge < -0.3 is 23.5 Å². The second-order valence-corrected chi connectivity index (χ2v) is 20.2. The summed E-state index contributed by atoms with van der Waals surface area (Å²) < 4.78 is 24.8. The SMILES string of the molecule is C=C(C)[C@@H](CCCO[Si](c1ccccc1)(c1ccccc1)C(C)(C)C)[C@H](/C=C/c1cccc(OC)c1)C(=O)N1C[C@H](OC)C[C@H]1COC(C)(C)C. The van der Waals surface area contributed by atoms with Crippen LogP contribution in [0.3, 0.4) is 0 Å². The van der Waals surface area contributed by atoms with Gasteiger partial charge in [-0.1, -0.05) is 118 Å². The van der Waals surface area contributed by atoms with Crippen LogP contribution in [0.2, 0.25) is 5.04 Å². The first-order valence-electron chi connectivity index (χ1n) is 18.4. The molecule has 1 saturated heterocycles. The molecule has 1 fully saturated rings. The number of ether oxygens (including phenoxy) is 3. The number of hydrogen-bond donors (Lipinski definition) is 0. The Labute approximate surface area is 309 Å². The highest BCUT2D eigenvalue weighted by Gasteiger charge is 2.50. The van der Waals surface area contributed by atoms with Crippen molar-refractivity contribution < 1.29 is 23.4 Å². The van der Waals surface area contributed by atoms with E-state index in [-0.39, 0.29) is 34.6 Å². The van der Waals surface area contributed by atoms with Crippen LogP contribution >= 0.6 is 0 Å². The molecule has 0 unspecified atom stereocenters. The number of amides is 1. The Balaban J connectivity index is 1.64. The highest BCUT2D eigenvalue weighted by Crippen LogP contribution is 2.38. The van der Waals surface area contributed by atoms with Gasteiger partial charge in [-0.15, -0.1) is 0 Å². The van der Waals surface area contributed by atoms with Crippen LogP contribution in [0.15, 0.2) is 103 Å². The summed E-state index contributed by atoms with van der Waals surface area (Å²) in [7, 11) is 0.708. The molecular formula is C44H61NO5Si. The monoisotopic (exact) mass is 711 g/mol. The number of carbonyl (C=O) groups excluding carboxylic acids is 1. The summed E-state index contributed by atoms with van der Waals surface area (Å²) in [5.74, 6) is 0.345. The van der Waals surface area contributed by atoms with Gasteiger partial charge in [0.15, 0.2) is 0 Å². The van der Waals surface area contributed by atoms with E-state index in [9.17, 15) is 4.79 Å². The number of methoxy groups -OCH3 is 2. The summed E-state index contributed by atoms with van der Waals surface area (Å²) in [6, 6.07) is 29.3. The predicted molar refractivity (Wildman–Crippen MR) is 213 cm³/mol. The summed E-state index contributed by atoms with van der Waals surface area (Å²) in [4.78, 5) is 16.8. The van der Waals surface area contributed by atoms with E-state index in [1.54, 1.807) is 14.2 Å². The van der Waals surface area contributed by atoms with Gasteiger partial charge in [0.25, 0.3) is 8.32 Å². The smallest absolute Gasteiger partial charge is 0.261 e. The van der Waals surface area contributed by atoms with E-state index in [1.165, 1.54) is 10.4 Å². The van der Waals surface area contributed by atoms with Crippen LogP contribution in [-0.2, 0) is 18.7 Å². The first-order valence-corrected chi connectivity index (χ1v) is 20.3. The molecule has 51 heavy (non-hydrogen) atoms. The molecule has 276 valence electrons. The van der Waals surface area contributed by atoms with E-state index in [4.69, 9.17) is 18.6 Å². The molecule has 3 aromatic rings. The molecular weight excluding hydrogens is 651 g/mol. The summed E-state index contributed by atoms with van der Waals surface area (Å²) in [5, 5.41) is 2.42. The minimum Gasteiger partial charge on any atom is -0.497 e. The van der Waals surface area contributed by atoms with Gasteiger partial charge >= 0.3 is 0 Å². The molecule has 4 atom stereocenters. The normalized spacial score (nSPS) is 18.2. The van der Waals surface area contributed by atoms with Crippen LogP contribution in [0.4, 0.5) is 0 Å². The molecule has 1 aliphatic heterocycles. The third-order valence-electron chi connectivity index (χ3n) is 10.0.